The number of fused-ring (bicyclic) bond motifs is 2. The van der Waals surface area contributed by atoms with Gasteiger partial charge in [-0.15, -0.1) is 0 Å². The number of amidine groups is 1. The number of rotatable bonds is 7. The van der Waals surface area contributed by atoms with Gasteiger partial charge >= 0.3 is 0 Å². The summed E-state index contributed by atoms with van der Waals surface area (Å²) in [5, 5.41) is 12.6. The lowest BCUT2D eigenvalue weighted by Crippen LogP contribution is -2.35. The monoisotopic (exact) mass is 620 g/mol. The van der Waals surface area contributed by atoms with Crippen molar-refractivity contribution in [1.82, 2.24) is 19.4 Å². The topological polar surface area (TPSA) is 120 Å². The predicted octanol–water partition coefficient (Wildman–Crippen LogP) is 5.44. The van der Waals surface area contributed by atoms with Crippen LogP contribution in [0, 0.1) is 12.7 Å². The summed E-state index contributed by atoms with van der Waals surface area (Å²) in [7, 11) is 0. The van der Waals surface area contributed by atoms with E-state index in [0.29, 0.717) is 40.9 Å². The third kappa shape index (κ3) is 5.12. The Kier molecular flexibility index (Phi) is 7.34. The molecule has 2 fully saturated rings. The Morgan fingerprint density at radius 2 is 1.95 bits per heavy atom. The van der Waals surface area contributed by atoms with Crippen molar-refractivity contribution in [3.63, 3.8) is 0 Å². The lowest BCUT2D eigenvalue weighted by atomic mass is 9.88. The molecule has 0 radical (unpaired) electrons. The van der Waals surface area contributed by atoms with Gasteiger partial charge < -0.3 is 29.7 Å². The normalized spacial score (nSPS) is 22.5. The van der Waals surface area contributed by atoms with Crippen LogP contribution in [0.15, 0.2) is 47.6 Å². The molecule has 3 aliphatic heterocycles. The van der Waals surface area contributed by atoms with E-state index in [2.05, 4.69) is 25.7 Å². The van der Waals surface area contributed by atoms with Gasteiger partial charge in [0.25, 0.3) is 5.79 Å². The number of likely N-dealkylation sites (tertiary alicyclic amines) is 1. The number of para-hydroxylation sites is 1. The summed E-state index contributed by atoms with van der Waals surface area (Å²) in [5.41, 5.74) is 10.1. The minimum atomic E-state index is -1.28. The van der Waals surface area contributed by atoms with Gasteiger partial charge in [-0.3, -0.25) is 4.90 Å². The van der Waals surface area contributed by atoms with Crippen molar-refractivity contribution >= 4 is 28.5 Å². The number of oxime groups is 1. The molecule has 2 aromatic carbocycles. The van der Waals surface area contributed by atoms with E-state index in [-0.39, 0.29) is 17.9 Å². The zero-order chi connectivity index (χ0) is 30.6. The molecule has 7 rings (SSSR count). The molecule has 2 atom stereocenters. The van der Waals surface area contributed by atoms with Gasteiger partial charge in [0.2, 0.25) is 0 Å². The van der Waals surface area contributed by atoms with Crippen molar-refractivity contribution in [1.29, 1.82) is 0 Å². The fraction of sp³-hybridized carbons (Fsp3) is 0.406. The molecule has 44 heavy (non-hydrogen) atoms. The van der Waals surface area contributed by atoms with Crippen LogP contribution in [0.4, 0.5) is 4.39 Å². The van der Waals surface area contributed by atoms with Crippen LogP contribution in [0.3, 0.4) is 0 Å². The average molecular weight is 621 g/mol. The second kappa shape index (κ2) is 11.2. The molecule has 0 spiro atoms. The molecule has 3 aliphatic rings. The zero-order valence-corrected chi connectivity index (χ0v) is 25.4. The first-order valence-electron chi connectivity index (χ1n) is 14.9. The van der Waals surface area contributed by atoms with Gasteiger partial charge in [-0.1, -0.05) is 28.9 Å². The number of benzene rings is 2. The van der Waals surface area contributed by atoms with Crippen molar-refractivity contribution in [2.24, 2.45) is 10.9 Å². The Bertz CT molecular complexity index is 1770. The number of nitrogens with zero attached hydrogens (tertiary/aromatic N) is 5. The molecule has 2 aromatic heterocycles. The predicted molar refractivity (Wildman–Crippen MR) is 163 cm³/mol. The van der Waals surface area contributed by atoms with E-state index >= 15 is 0 Å². The molecular formula is C32H34ClFN6O4. The van der Waals surface area contributed by atoms with Gasteiger partial charge in [0.05, 0.1) is 41.5 Å². The lowest BCUT2D eigenvalue weighted by molar-refractivity contribution is -0.0712. The molecule has 0 aliphatic carbocycles. The quantitative estimate of drug-likeness (QED) is 0.121. The Morgan fingerprint density at radius 3 is 2.66 bits per heavy atom. The molecule has 2 unspecified atom stereocenters. The fourth-order valence-corrected chi connectivity index (χ4v) is 6.73. The summed E-state index contributed by atoms with van der Waals surface area (Å²) in [5.74, 6) is 0.698. The first-order valence-corrected chi connectivity index (χ1v) is 15.3. The molecule has 4 aromatic rings. The highest BCUT2D eigenvalue weighted by atomic mass is 35.5. The van der Waals surface area contributed by atoms with Crippen LogP contribution in [0.2, 0.25) is 5.02 Å². The molecular weight excluding hydrogens is 587 g/mol. The zero-order valence-electron chi connectivity index (χ0n) is 24.6. The maximum absolute atomic E-state index is 14.8. The van der Waals surface area contributed by atoms with Crippen LogP contribution in [0.5, 0.6) is 11.5 Å². The number of imidazole rings is 1. The van der Waals surface area contributed by atoms with Gasteiger partial charge in [0.1, 0.15) is 17.3 Å². The smallest absolute Gasteiger partial charge is 0.278 e. The van der Waals surface area contributed by atoms with Crippen LogP contribution in [-0.4, -0.2) is 56.3 Å². The van der Waals surface area contributed by atoms with E-state index in [9.17, 15) is 9.60 Å². The van der Waals surface area contributed by atoms with Crippen molar-refractivity contribution < 1.29 is 23.8 Å². The Balaban J connectivity index is 1.09. The highest BCUT2D eigenvalue weighted by molar-refractivity contribution is 6.30. The Hall–Kier alpha value is -3.93. The standard InChI is InChI=1S/C32H34ClFN6O4/c1-18-29-25(15-26(36-18)31(35)38-41)37-28(40(29)16-21-10-13-42-21)17-39-11-8-19(9-12-39)22-4-3-5-27-30(22)44-32(2,43-27)23-7-6-20(33)14-24(23)34/h3-7,14-15,19,21,41H,8-13,16-17H2,1-2H3,(H2,35,38). The molecule has 2 saturated heterocycles. The Labute approximate surface area is 259 Å². The molecule has 5 heterocycles. The molecule has 10 nitrogen and oxygen atoms in total. The van der Waals surface area contributed by atoms with Crippen LogP contribution < -0.4 is 15.2 Å². The number of nitrogens with two attached hydrogens (primary N) is 1. The first kappa shape index (κ1) is 28.8. The van der Waals surface area contributed by atoms with Crippen LogP contribution in [0.1, 0.15) is 60.4 Å². The van der Waals surface area contributed by atoms with Crippen LogP contribution >= 0.6 is 11.6 Å². The minimum Gasteiger partial charge on any atom is -0.444 e. The van der Waals surface area contributed by atoms with E-state index < -0.39 is 11.6 Å². The Morgan fingerprint density at radius 1 is 1.16 bits per heavy atom. The lowest BCUT2D eigenvalue weighted by Gasteiger charge is -2.33. The summed E-state index contributed by atoms with van der Waals surface area (Å²) in [6.07, 6.45) is 3.00. The third-order valence-corrected chi connectivity index (χ3v) is 9.19. The maximum Gasteiger partial charge on any atom is 0.278 e. The molecule has 0 saturated carbocycles. The second-order valence-corrected chi connectivity index (χ2v) is 12.3. The summed E-state index contributed by atoms with van der Waals surface area (Å²) in [4.78, 5) is 12.0. The number of ether oxygens (including phenoxy) is 3. The number of aryl methyl sites for hydroxylation is 1. The number of pyridine rings is 1. The van der Waals surface area contributed by atoms with Gasteiger partial charge in [-0.2, -0.15) is 0 Å². The van der Waals surface area contributed by atoms with E-state index in [0.717, 1.165) is 67.1 Å². The van der Waals surface area contributed by atoms with Gasteiger partial charge in [-0.05, 0) is 75.5 Å². The third-order valence-electron chi connectivity index (χ3n) is 8.95. The second-order valence-electron chi connectivity index (χ2n) is 11.9. The maximum atomic E-state index is 14.8. The van der Waals surface area contributed by atoms with Crippen molar-refractivity contribution in [2.45, 2.75) is 64.0 Å². The van der Waals surface area contributed by atoms with Crippen molar-refractivity contribution in [3.05, 3.63) is 81.6 Å². The van der Waals surface area contributed by atoms with E-state index in [1.54, 1.807) is 25.1 Å². The SMILES string of the molecule is Cc1nc(C(N)=NO)cc2nc(CN3CCC(c4cccc5c4OC(C)(c4ccc(Cl)cc4F)O5)CC3)n(CC3CCO3)c12. The largest absolute Gasteiger partial charge is 0.444 e. The van der Waals surface area contributed by atoms with Crippen LogP contribution in [0.25, 0.3) is 11.0 Å². The summed E-state index contributed by atoms with van der Waals surface area (Å²) in [6, 6.07) is 12.2. The molecule has 12 heteroatoms. The molecule has 230 valence electrons. The fourth-order valence-electron chi connectivity index (χ4n) is 6.57. The summed E-state index contributed by atoms with van der Waals surface area (Å²) >= 11 is 5.98. The van der Waals surface area contributed by atoms with E-state index in [1.165, 1.54) is 6.07 Å². The van der Waals surface area contributed by atoms with Crippen molar-refractivity contribution in [3.8, 4) is 11.5 Å². The van der Waals surface area contributed by atoms with Crippen molar-refractivity contribution in [2.75, 3.05) is 19.7 Å². The number of aromatic nitrogens is 3. The van der Waals surface area contributed by atoms with Gasteiger partial charge in [-0.25, -0.2) is 14.4 Å². The highest BCUT2D eigenvalue weighted by Crippen LogP contribution is 2.50. The van der Waals surface area contributed by atoms with E-state index in [1.807, 2.05) is 19.1 Å². The number of halogens is 2. The average Bonchev–Trinajstić information content (AvgIpc) is 3.51. The van der Waals surface area contributed by atoms with Gasteiger partial charge in [0.15, 0.2) is 17.3 Å². The highest BCUT2D eigenvalue weighted by Gasteiger charge is 2.43. The number of hydrogen-bond acceptors (Lipinski definition) is 8. The molecule has 0 amide bonds. The number of hydrogen-bond donors (Lipinski definition) is 2. The summed E-state index contributed by atoms with van der Waals surface area (Å²) < 4.78 is 35.4. The van der Waals surface area contributed by atoms with E-state index in [4.69, 9.17) is 36.5 Å². The van der Waals surface area contributed by atoms with Gasteiger partial charge in [0, 0.05) is 24.1 Å². The molecule has 3 N–H and O–H groups in total. The van der Waals surface area contributed by atoms with Crippen LogP contribution in [-0.2, 0) is 23.6 Å². The minimum absolute atomic E-state index is 0.0455. The summed E-state index contributed by atoms with van der Waals surface area (Å²) in [6.45, 7) is 7.54. The number of piperidine rings is 1. The first-order chi connectivity index (χ1) is 21.2. The molecule has 0 bridgehead atoms.